The Morgan fingerprint density at radius 1 is 1.18 bits per heavy atom. The molecule has 0 radical (unpaired) electrons. The van der Waals surface area contributed by atoms with Gasteiger partial charge in [-0.15, -0.1) is 12.4 Å². The second-order valence-electron chi connectivity index (χ2n) is 9.19. The normalized spacial score (nSPS) is 16.9. The standard InChI is InChI=1S/C26H29F2NO4.ClH/c1-17(2)7-12-32-25-21(27)13-18(14-22(25)28)20-15-26(33-23-6-4-3-5-19(20)23)8-10-29(11-9-26)16-24(30)31;/h3-6,13-15,17H,7-12,16H2,1-2H3,(H,30,31);1H. The van der Waals surface area contributed by atoms with Crippen molar-refractivity contribution in [1.29, 1.82) is 0 Å². The maximum Gasteiger partial charge on any atom is 0.317 e. The van der Waals surface area contributed by atoms with Crippen LogP contribution in [0, 0.1) is 17.6 Å². The zero-order chi connectivity index (χ0) is 23.6. The van der Waals surface area contributed by atoms with Gasteiger partial charge in [-0.1, -0.05) is 32.0 Å². The summed E-state index contributed by atoms with van der Waals surface area (Å²) in [6, 6.07) is 10.1. The number of nitrogens with zero attached hydrogens (tertiary/aromatic N) is 1. The van der Waals surface area contributed by atoms with Crippen molar-refractivity contribution in [1.82, 2.24) is 4.90 Å². The summed E-state index contributed by atoms with van der Waals surface area (Å²) in [7, 11) is 0. The van der Waals surface area contributed by atoms with Crippen molar-refractivity contribution in [3.8, 4) is 11.5 Å². The first-order valence-corrected chi connectivity index (χ1v) is 11.3. The number of carboxylic acids is 1. The zero-order valence-electron chi connectivity index (χ0n) is 19.4. The number of fused-ring (bicyclic) bond motifs is 1. The molecule has 0 amide bonds. The van der Waals surface area contributed by atoms with Crippen molar-refractivity contribution in [3.05, 3.63) is 65.2 Å². The number of piperidine rings is 1. The van der Waals surface area contributed by atoms with Crippen molar-refractivity contribution in [2.24, 2.45) is 5.92 Å². The number of carbonyl (C=O) groups is 1. The SMILES string of the molecule is CC(C)CCOc1c(F)cc(C2=CC3(CCN(CC(=O)O)CC3)Oc3ccccc32)cc1F.Cl. The summed E-state index contributed by atoms with van der Waals surface area (Å²) in [5.41, 5.74) is 1.24. The number of aliphatic carboxylic acids is 1. The van der Waals surface area contributed by atoms with Crippen molar-refractivity contribution < 1.29 is 28.2 Å². The molecule has 34 heavy (non-hydrogen) atoms. The molecular weight excluding hydrogens is 464 g/mol. The van der Waals surface area contributed by atoms with Crippen LogP contribution < -0.4 is 9.47 Å². The molecule has 8 heteroatoms. The summed E-state index contributed by atoms with van der Waals surface area (Å²) in [5.74, 6) is -1.65. The van der Waals surface area contributed by atoms with E-state index < -0.39 is 23.2 Å². The number of carboxylic acid groups (broad SMARTS) is 1. The van der Waals surface area contributed by atoms with Gasteiger partial charge in [0.05, 0.1) is 13.2 Å². The highest BCUT2D eigenvalue weighted by atomic mass is 35.5. The number of ether oxygens (including phenoxy) is 2. The van der Waals surface area contributed by atoms with E-state index in [1.807, 2.05) is 49.1 Å². The fraction of sp³-hybridized carbons (Fsp3) is 0.423. The molecular formula is C26H30ClF2NO4. The largest absolute Gasteiger partial charge is 0.488 e. The summed E-state index contributed by atoms with van der Waals surface area (Å²) in [5, 5.41) is 9.08. The molecule has 0 aromatic heterocycles. The average molecular weight is 494 g/mol. The van der Waals surface area contributed by atoms with Gasteiger partial charge in [-0.25, -0.2) is 8.78 Å². The molecule has 0 bridgehead atoms. The van der Waals surface area contributed by atoms with Crippen LogP contribution in [0.15, 0.2) is 42.5 Å². The van der Waals surface area contributed by atoms with E-state index in [1.165, 1.54) is 12.1 Å². The Morgan fingerprint density at radius 2 is 1.82 bits per heavy atom. The van der Waals surface area contributed by atoms with Gasteiger partial charge in [-0.2, -0.15) is 0 Å². The molecule has 2 aliphatic heterocycles. The molecule has 2 heterocycles. The Balaban J connectivity index is 0.00000324. The molecule has 1 fully saturated rings. The Hall–Kier alpha value is -2.64. The molecule has 4 rings (SSSR count). The van der Waals surface area contributed by atoms with Crippen LogP contribution in [-0.2, 0) is 4.79 Å². The van der Waals surface area contributed by atoms with Gasteiger partial charge in [0.25, 0.3) is 0 Å². The van der Waals surface area contributed by atoms with E-state index in [4.69, 9.17) is 14.6 Å². The van der Waals surface area contributed by atoms with Crippen LogP contribution in [0.25, 0.3) is 5.57 Å². The van der Waals surface area contributed by atoms with Crippen molar-refractivity contribution in [3.63, 3.8) is 0 Å². The number of hydrogen-bond acceptors (Lipinski definition) is 4. The maximum atomic E-state index is 14.9. The van der Waals surface area contributed by atoms with Gasteiger partial charge in [0.2, 0.25) is 0 Å². The Bertz CT molecular complexity index is 1040. The third-order valence-electron chi connectivity index (χ3n) is 6.21. The first-order chi connectivity index (χ1) is 15.8. The highest BCUT2D eigenvalue weighted by molar-refractivity contribution is 5.85. The third-order valence-corrected chi connectivity index (χ3v) is 6.21. The van der Waals surface area contributed by atoms with Crippen molar-refractivity contribution in [2.75, 3.05) is 26.2 Å². The molecule has 2 aromatic carbocycles. The summed E-state index contributed by atoms with van der Waals surface area (Å²) >= 11 is 0. The first-order valence-electron chi connectivity index (χ1n) is 11.3. The van der Waals surface area contributed by atoms with E-state index in [2.05, 4.69) is 0 Å². The molecule has 0 aliphatic carbocycles. The van der Waals surface area contributed by atoms with Crippen LogP contribution in [-0.4, -0.2) is 47.8 Å². The van der Waals surface area contributed by atoms with E-state index in [-0.39, 0.29) is 31.3 Å². The molecule has 1 N–H and O–H groups in total. The minimum absolute atomic E-state index is 0. The zero-order valence-corrected chi connectivity index (χ0v) is 20.2. The second-order valence-corrected chi connectivity index (χ2v) is 9.19. The minimum atomic E-state index is -0.862. The molecule has 0 atom stereocenters. The topological polar surface area (TPSA) is 59.0 Å². The smallest absolute Gasteiger partial charge is 0.317 e. The van der Waals surface area contributed by atoms with E-state index in [1.54, 1.807) is 0 Å². The molecule has 5 nitrogen and oxygen atoms in total. The maximum absolute atomic E-state index is 14.9. The fourth-order valence-corrected chi connectivity index (χ4v) is 4.38. The van der Waals surface area contributed by atoms with E-state index >= 15 is 0 Å². The number of rotatable bonds is 7. The van der Waals surface area contributed by atoms with Crippen LogP contribution in [0.4, 0.5) is 8.78 Å². The fourth-order valence-electron chi connectivity index (χ4n) is 4.38. The highest BCUT2D eigenvalue weighted by Crippen LogP contribution is 2.44. The van der Waals surface area contributed by atoms with Gasteiger partial charge in [-0.3, -0.25) is 9.69 Å². The number of halogens is 3. The lowest BCUT2D eigenvalue weighted by atomic mass is 9.83. The summed E-state index contributed by atoms with van der Waals surface area (Å²) in [6.45, 7) is 5.40. The molecule has 2 aromatic rings. The summed E-state index contributed by atoms with van der Waals surface area (Å²) in [6.07, 6.45) is 3.82. The lowest BCUT2D eigenvalue weighted by molar-refractivity contribution is -0.139. The van der Waals surface area contributed by atoms with Crippen molar-refractivity contribution in [2.45, 2.75) is 38.7 Å². The lowest BCUT2D eigenvalue weighted by Gasteiger charge is -2.42. The molecule has 1 spiro atoms. The summed E-state index contributed by atoms with van der Waals surface area (Å²) < 4.78 is 41.5. The monoisotopic (exact) mass is 493 g/mol. The molecule has 0 unspecified atom stereocenters. The molecule has 0 saturated carbocycles. The Kier molecular flexibility index (Phi) is 8.21. The number of benzene rings is 2. The van der Waals surface area contributed by atoms with E-state index in [9.17, 15) is 13.6 Å². The predicted molar refractivity (Wildman–Crippen MR) is 129 cm³/mol. The van der Waals surface area contributed by atoms with E-state index in [0.29, 0.717) is 55.2 Å². The molecule has 2 aliphatic rings. The molecule has 1 saturated heterocycles. The van der Waals surface area contributed by atoms with Crippen LogP contribution in [0.3, 0.4) is 0 Å². The Labute approximate surface area is 204 Å². The average Bonchev–Trinajstić information content (AvgIpc) is 2.76. The molecule has 184 valence electrons. The van der Waals surface area contributed by atoms with Crippen molar-refractivity contribution >= 4 is 23.9 Å². The summed E-state index contributed by atoms with van der Waals surface area (Å²) in [4.78, 5) is 12.9. The number of para-hydroxylation sites is 1. The van der Waals surface area contributed by atoms with Crippen LogP contribution in [0.1, 0.15) is 44.2 Å². The third kappa shape index (κ3) is 5.70. The van der Waals surface area contributed by atoms with Crippen LogP contribution in [0.2, 0.25) is 0 Å². The predicted octanol–water partition coefficient (Wildman–Crippen LogP) is 5.55. The van der Waals surface area contributed by atoms with Gasteiger partial charge in [0.1, 0.15) is 11.4 Å². The van der Waals surface area contributed by atoms with Crippen LogP contribution >= 0.6 is 12.4 Å². The highest BCUT2D eigenvalue weighted by Gasteiger charge is 2.39. The van der Waals surface area contributed by atoms with Crippen LogP contribution in [0.5, 0.6) is 11.5 Å². The van der Waals surface area contributed by atoms with Gasteiger partial charge in [0.15, 0.2) is 17.4 Å². The lowest BCUT2D eigenvalue weighted by Crippen LogP contribution is -2.49. The van der Waals surface area contributed by atoms with Gasteiger partial charge >= 0.3 is 5.97 Å². The number of likely N-dealkylation sites (tertiary alicyclic amines) is 1. The number of hydrogen-bond donors (Lipinski definition) is 1. The van der Waals surface area contributed by atoms with Gasteiger partial charge in [0, 0.05) is 31.5 Å². The van der Waals surface area contributed by atoms with Gasteiger partial charge < -0.3 is 14.6 Å². The minimum Gasteiger partial charge on any atom is -0.488 e. The quantitative estimate of drug-likeness (QED) is 0.547. The first kappa shape index (κ1) is 26.0. The second kappa shape index (κ2) is 10.7. The Morgan fingerprint density at radius 3 is 2.44 bits per heavy atom. The van der Waals surface area contributed by atoms with E-state index in [0.717, 1.165) is 5.56 Å². The van der Waals surface area contributed by atoms with Gasteiger partial charge in [-0.05, 0) is 47.8 Å².